The lowest BCUT2D eigenvalue weighted by Crippen LogP contribution is -2.43. The molecule has 118 valence electrons. The number of hydrogen-bond acceptors (Lipinski definition) is 4. The van der Waals surface area contributed by atoms with Gasteiger partial charge in [0.05, 0.1) is 6.10 Å². The zero-order valence-electron chi connectivity index (χ0n) is 13.3. The Morgan fingerprint density at radius 1 is 1.40 bits per heavy atom. The molecule has 0 bridgehead atoms. The fourth-order valence-corrected chi connectivity index (χ4v) is 2.24. The van der Waals surface area contributed by atoms with Crippen molar-refractivity contribution in [3.05, 3.63) is 0 Å². The highest BCUT2D eigenvalue weighted by atomic mass is 16.6. The summed E-state index contributed by atoms with van der Waals surface area (Å²) in [5.74, 6) is 0.581. The van der Waals surface area contributed by atoms with Crippen LogP contribution in [0.5, 0.6) is 0 Å². The van der Waals surface area contributed by atoms with E-state index in [0.717, 1.165) is 38.9 Å². The number of hydrogen-bond donors (Lipinski definition) is 2. The molecule has 0 saturated carbocycles. The summed E-state index contributed by atoms with van der Waals surface area (Å²) in [5.41, 5.74) is -0.425. The summed E-state index contributed by atoms with van der Waals surface area (Å²) in [5, 5.41) is 12.8. The Bertz CT molecular complexity index is 294. The van der Waals surface area contributed by atoms with Crippen LogP contribution >= 0.6 is 0 Å². The van der Waals surface area contributed by atoms with E-state index in [1.807, 2.05) is 27.7 Å². The Balaban J connectivity index is 2.21. The van der Waals surface area contributed by atoms with Crippen LogP contribution in [-0.4, -0.2) is 54.0 Å². The van der Waals surface area contributed by atoms with Crippen molar-refractivity contribution in [3.63, 3.8) is 0 Å². The number of carbonyl (C=O) groups excluding carboxylic acids is 1. The number of nitrogens with zero attached hydrogens (tertiary/aromatic N) is 1. The fraction of sp³-hybridized carbons (Fsp3) is 0.933. The molecule has 1 saturated heterocycles. The first kappa shape index (κ1) is 17.2. The number of aliphatic hydroxyl groups is 1. The number of amides is 1. The summed E-state index contributed by atoms with van der Waals surface area (Å²) < 4.78 is 5.38. The number of aliphatic hydroxyl groups excluding tert-OH is 1. The van der Waals surface area contributed by atoms with E-state index in [2.05, 4.69) is 5.32 Å². The molecule has 1 aliphatic rings. The smallest absolute Gasteiger partial charge is 0.410 e. The first-order valence-electron chi connectivity index (χ1n) is 7.68. The zero-order chi connectivity index (χ0) is 15.2. The first-order valence-corrected chi connectivity index (χ1v) is 7.68. The maximum absolute atomic E-state index is 11.9. The van der Waals surface area contributed by atoms with Crippen LogP contribution in [0.25, 0.3) is 0 Å². The normalized spacial score (nSPS) is 18.9. The minimum Gasteiger partial charge on any atom is -0.444 e. The second kappa shape index (κ2) is 7.84. The van der Waals surface area contributed by atoms with Gasteiger partial charge in [-0.25, -0.2) is 4.79 Å². The van der Waals surface area contributed by atoms with Crippen molar-refractivity contribution in [1.29, 1.82) is 0 Å². The summed E-state index contributed by atoms with van der Waals surface area (Å²) in [6.07, 6.45) is 2.31. The van der Waals surface area contributed by atoms with Gasteiger partial charge in [-0.15, -0.1) is 0 Å². The van der Waals surface area contributed by atoms with Crippen molar-refractivity contribution in [2.75, 3.05) is 26.2 Å². The summed E-state index contributed by atoms with van der Waals surface area (Å²) in [7, 11) is 0. The number of ether oxygens (including phenoxy) is 1. The molecule has 0 aliphatic carbocycles. The molecule has 5 heteroatoms. The van der Waals surface area contributed by atoms with Gasteiger partial charge in [0.2, 0.25) is 0 Å². The number of piperidine rings is 1. The number of nitrogens with one attached hydrogen (secondary N) is 1. The van der Waals surface area contributed by atoms with Crippen molar-refractivity contribution in [1.82, 2.24) is 10.2 Å². The molecule has 0 aromatic carbocycles. The van der Waals surface area contributed by atoms with E-state index in [1.54, 1.807) is 4.90 Å². The summed E-state index contributed by atoms with van der Waals surface area (Å²) in [6.45, 7) is 10.7. The molecule has 1 amide bonds. The molecule has 20 heavy (non-hydrogen) atoms. The average Bonchev–Trinajstić information content (AvgIpc) is 2.37. The Morgan fingerprint density at radius 3 is 2.50 bits per heavy atom. The van der Waals surface area contributed by atoms with Gasteiger partial charge in [0.25, 0.3) is 0 Å². The van der Waals surface area contributed by atoms with Crippen molar-refractivity contribution in [2.45, 2.75) is 58.7 Å². The van der Waals surface area contributed by atoms with Crippen molar-refractivity contribution >= 4 is 6.09 Å². The second-order valence-electron chi connectivity index (χ2n) is 6.63. The molecule has 1 rings (SSSR count). The standard InChI is InChI=1S/C15H30N2O3/c1-5-13(18)11-16-10-12-6-8-17(9-7-12)14(19)20-15(2,3)4/h12-13,16,18H,5-11H2,1-4H3. The molecular formula is C15H30N2O3. The van der Waals surface area contributed by atoms with Crippen LogP contribution in [0.1, 0.15) is 47.0 Å². The van der Waals surface area contributed by atoms with Gasteiger partial charge in [0.1, 0.15) is 5.60 Å². The Hall–Kier alpha value is -0.810. The van der Waals surface area contributed by atoms with Gasteiger partial charge >= 0.3 is 6.09 Å². The number of likely N-dealkylation sites (tertiary alicyclic amines) is 1. The van der Waals surface area contributed by atoms with Crippen LogP contribution in [0.3, 0.4) is 0 Å². The quantitative estimate of drug-likeness (QED) is 0.811. The summed E-state index contributed by atoms with van der Waals surface area (Å²) >= 11 is 0. The molecule has 0 spiro atoms. The molecular weight excluding hydrogens is 256 g/mol. The molecule has 2 N–H and O–H groups in total. The minimum absolute atomic E-state index is 0.203. The van der Waals surface area contributed by atoms with Crippen LogP contribution in [0, 0.1) is 5.92 Å². The van der Waals surface area contributed by atoms with E-state index in [4.69, 9.17) is 4.74 Å². The monoisotopic (exact) mass is 286 g/mol. The molecule has 0 aromatic heterocycles. The summed E-state index contributed by atoms with van der Waals surface area (Å²) in [6, 6.07) is 0. The Labute approximate surface area is 122 Å². The third-order valence-corrected chi connectivity index (χ3v) is 3.55. The summed E-state index contributed by atoms with van der Waals surface area (Å²) in [4.78, 5) is 13.7. The molecule has 1 heterocycles. The van der Waals surface area contributed by atoms with Crippen LogP contribution in [0.2, 0.25) is 0 Å². The number of rotatable bonds is 5. The Kier molecular flexibility index (Phi) is 6.76. The third kappa shape index (κ3) is 6.57. The SMILES string of the molecule is CCC(O)CNCC1CCN(C(=O)OC(C)(C)C)CC1. The molecule has 0 radical (unpaired) electrons. The largest absolute Gasteiger partial charge is 0.444 e. The van der Waals surface area contributed by atoms with Crippen molar-refractivity contribution in [3.8, 4) is 0 Å². The first-order chi connectivity index (χ1) is 9.31. The van der Waals surface area contributed by atoms with Gasteiger partial charge in [-0.3, -0.25) is 0 Å². The lowest BCUT2D eigenvalue weighted by Gasteiger charge is -2.33. The highest BCUT2D eigenvalue weighted by Crippen LogP contribution is 2.19. The zero-order valence-corrected chi connectivity index (χ0v) is 13.3. The van der Waals surface area contributed by atoms with Crippen LogP contribution < -0.4 is 5.32 Å². The molecule has 0 aromatic rings. The van der Waals surface area contributed by atoms with Gasteiger partial charge in [-0.2, -0.15) is 0 Å². The van der Waals surface area contributed by atoms with Crippen LogP contribution in [-0.2, 0) is 4.74 Å². The maximum Gasteiger partial charge on any atom is 0.410 e. The van der Waals surface area contributed by atoms with E-state index in [-0.39, 0.29) is 12.2 Å². The lowest BCUT2D eigenvalue weighted by atomic mass is 9.97. The van der Waals surface area contributed by atoms with Gasteiger partial charge < -0.3 is 20.1 Å². The van der Waals surface area contributed by atoms with Crippen LogP contribution in [0.4, 0.5) is 4.79 Å². The molecule has 1 aliphatic heterocycles. The maximum atomic E-state index is 11.9. The van der Waals surface area contributed by atoms with E-state index >= 15 is 0 Å². The third-order valence-electron chi connectivity index (χ3n) is 3.55. The van der Waals surface area contributed by atoms with Crippen molar-refractivity contribution < 1.29 is 14.6 Å². The van der Waals surface area contributed by atoms with E-state index in [0.29, 0.717) is 12.5 Å². The topological polar surface area (TPSA) is 61.8 Å². The minimum atomic E-state index is -0.425. The average molecular weight is 286 g/mol. The van der Waals surface area contributed by atoms with E-state index in [1.165, 1.54) is 0 Å². The van der Waals surface area contributed by atoms with Crippen molar-refractivity contribution in [2.24, 2.45) is 5.92 Å². The second-order valence-corrected chi connectivity index (χ2v) is 6.63. The van der Waals surface area contributed by atoms with Crippen LogP contribution in [0.15, 0.2) is 0 Å². The number of carbonyl (C=O) groups is 1. The van der Waals surface area contributed by atoms with Gasteiger partial charge in [0, 0.05) is 19.6 Å². The predicted octanol–water partition coefficient (Wildman–Crippen LogP) is 1.99. The highest BCUT2D eigenvalue weighted by molar-refractivity contribution is 5.68. The fourth-order valence-electron chi connectivity index (χ4n) is 2.24. The van der Waals surface area contributed by atoms with Gasteiger partial charge in [-0.1, -0.05) is 6.92 Å². The van der Waals surface area contributed by atoms with Gasteiger partial charge in [-0.05, 0) is 52.5 Å². The lowest BCUT2D eigenvalue weighted by molar-refractivity contribution is 0.0183. The highest BCUT2D eigenvalue weighted by Gasteiger charge is 2.26. The molecule has 1 atom stereocenters. The molecule has 1 unspecified atom stereocenters. The predicted molar refractivity (Wildman–Crippen MR) is 79.7 cm³/mol. The Morgan fingerprint density at radius 2 is 2.00 bits per heavy atom. The van der Waals surface area contributed by atoms with E-state index < -0.39 is 5.60 Å². The molecule has 5 nitrogen and oxygen atoms in total. The van der Waals surface area contributed by atoms with E-state index in [9.17, 15) is 9.90 Å². The molecule has 1 fully saturated rings. The van der Waals surface area contributed by atoms with Gasteiger partial charge in [0.15, 0.2) is 0 Å².